The van der Waals surface area contributed by atoms with Crippen LogP contribution in [0, 0.1) is 0 Å². The number of hydrogen-bond donors (Lipinski definition) is 1. The molecule has 3 aromatic rings. The first kappa shape index (κ1) is 19.3. The molecule has 0 aliphatic carbocycles. The summed E-state index contributed by atoms with van der Waals surface area (Å²) in [4.78, 5) is 28.8. The first-order valence-corrected chi connectivity index (χ1v) is 9.98. The first-order valence-electron chi connectivity index (χ1n) is 8.21. The summed E-state index contributed by atoms with van der Waals surface area (Å²) >= 11 is 7.61. The van der Waals surface area contributed by atoms with Gasteiger partial charge in [0.15, 0.2) is 6.61 Å². The number of para-hydroxylation sites is 3. The number of aromatic nitrogens is 2. The third kappa shape index (κ3) is 4.81. The molecule has 0 bridgehead atoms. The van der Waals surface area contributed by atoms with Gasteiger partial charge in [-0.15, -0.1) is 0 Å². The predicted octanol–water partition coefficient (Wildman–Crippen LogP) is 3.73. The number of amides is 1. The molecule has 2 aromatic carbocycles. The lowest BCUT2D eigenvalue weighted by Crippen LogP contribution is -2.23. The number of carbonyl (C=O) groups is 2. The van der Waals surface area contributed by atoms with Crippen LogP contribution >= 0.6 is 23.4 Å². The van der Waals surface area contributed by atoms with E-state index in [1.165, 1.54) is 0 Å². The molecule has 1 heterocycles. The Hall–Kier alpha value is -2.51. The molecule has 140 valence electrons. The summed E-state index contributed by atoms with van der Waals surface area (Å²) in [5.41, 5.74) is 2.16. The van der Waals surface area contributed by atoms with Gasteiger partial charge < -0.3 is 14.6 Å². The molecule has 0 aliphatic rings. The maximum atomic E-state index is 12.3. The van der Waals surface area contributed by atoms with Crippen LogP contribution in [0.5, 0.6) is 0 Å². The van der Waals surface area contributed by atoms with Crippen LogP contribution in [0.2, 0.25) is 5.02 Å². The third-order valence-corrected chi connectivity index (χ3v) is 4.68. The minimum Gasteiger partial charge on any atom is -0.454 e. The summed E-state index contributed by atoms with van der Waals surface area (Å²) < 4.78 is 6.94. The summed E-state index contributed by atoms with van der Waals surface area (Å²) in [5, 5.41) is 3.04. The van der Waals surface area contributed by atoms with Crippen LogP contribution in [0.4, 0.5) is 5.69 Å². The van der Waals surface area contributed by atoms with E-state index in [1.807, 2.05) is 35.1 Å². The number of esters is 1. The van der Waals surface area contributed by atoms with Gasteiger partial charge in [-0.3, -0.25) is 9.59 Å². The highest BCUT2D eigenvalue weighted by molar-refractivity contribution is 7.97. The number of rotatable bonds is 7. The molecule has 27 heavy (non-hydrogen) atoms. The van der Waals surface area contributed by atoms with Gasteiger partial charge in [-0.2, -0.15) is 11.8 Å². The van der Waals surface area contributed by atoms with E-state index < -0.39 is 11.9 Å². The molecule has 0 unspecified atom stereocenters. The number of halogens is 1. The van der Waals surface area contributed by atoms with E-state index in [1.54, 1.807) is 36.0 Å². The van der Waals surface area contributed by atoms with Crippen molar-refractivity contribution in [3.8, 4) is 0 Å². The highest BCUT2D eigenvalue weighted by atomic mass is 35.5. The molecule has 0 atom stereocenters. The average Bonchev–Trinajstić information content (AvgIpc) is 3.00. The van der Waals surface area contributed by atoms with Crippen molar-refractivity contribution in [2.24, 2.45) is 0 Å². The maximum absolute atomic E-state index is 12.3. The molecule has 0 fully saturated rings. The Morgan fingerprint density at radius 1 is 1.19 bits per heavy atom. The molecular weight excluding hydrogens is 386 g/mol. The second-order valence-electron chi connectivity index (χ2n) is 5.72. The number of carbonyl (C=O) groups excluding carboxylic acids is 2. The van der Waals surface area contributed by atoms with E-state index in [2.05, 4.69) is 10.3 Å². The molecule has 1 amide bonds. The Balaban J connectivity index is 1.62. The quantitative estimate of drug-likeness (QED) is 0.608. The zero-order valence-electron chi connectivity index (χ0n) is 14.6. The van der Waals surface area contributed by atoms with Gasteiger partial charge in [0.1, 0.15) is 12.4 Å². The van der Waals surface area contributed by atoms with Crippen molar-refractivity contribution in [2.45, 2.75) is 12.3 Å². The van der Waals surface area contributed by atoms with Crippen molar-refractivity contribution in [1.29, 1.82) is 0 Å². The highest BCUT2D eigenvalue weighted by Gasteiger charge is 2.15. The van der Waals surface area contributed by atoms with Gasteiger partial charge in [-0.25, -0.2) is 4.98 Å². The summed E-state index contributed by atoms with van der Waals surface area (Å²) in [6.07, 6.45) is 1.97. The molecule has 0 saturated carbocycles. The van der Waals surface area contributed by atoms with Crippen molar-refractivity contribution in [1.82, 2.24) is 9.55 Å². The number of hydrogen-bond acceptors (Lipinski definition) is 5. The van der Waals surface area contributed by atoms with E-state index in [4.69, 9.17) is 16.3 Å². The fourth-order valence-electron chi connectivity index (χ4n) is 2.61. The standard InChI is InChI=1S/C19H18ClN3O3S/c1-27-12-17-21-15-8-4-5-9-16(15)23(17)10-19(25)26-11-18(24)22-14-7-3-2-6-13(14)20/h2-9H,10-12H2,1H3,(H,22,24). The second kappa shape index (κ2) is 8.92. The number of anilines is 1. The molecule has 0 spiro atoms. The summed E-state index contributed by atoms with van der Waals surface area (Å²) in [6.45, 7) is -0.385. The molecule has 1 N–H and O–H groups in total. The molecule has 1 aromatic heterocycles. The van der Waals surface area contributed by atoms with Gasteiger partial charge in [0.05, 0.1) is 27.5 Å². The molecule has 8 heteroatoms. The predicted molar refractivity (Wildman–Crippen MR) is 108 cm³/mol. The number of nitrogens with one attached hydrogen (secondary N) is 1. The van der Waals surface area contributed by atoms with Crippen LogP contribution in [0.15, 0.2) is 48.5 Å². The van der Waals surface area contributed by atoms with Crippen LogP contribution < -0.4 is 5.32 Å². The van der Waals surface area contributed by atoms with E-state index in [-0.39, 0.29) is 13.2 Å². The number of nitrogens with zero attached hydrogens (tertiary/aromatic N) is 2. The van der Waals surface area contributed by atoms with Crippen molar-refractivity contribution < 1.29 is 14.3 Å². The maximum Gasteiger partial charge on any atom is 0.326 e. The fourth-order valence-corrected chi connectivity index (χ4v) is 3.27. The fraction of sp³-hybridized carbons (Fsp3) is 0.211. The van der Waals surface area contributed by atoms with Gasteiger partial charge in [0.2, 0.25) is 0 Å². The first-order chi connectivity index (χ1) is 13.1. The summed E-state index contributed by atoms with van der Waals surface area (Å²) in [6, 6.07) is 14.5. The minimum atomic E-state index is -0.505. The molecule has 0 saturated heterocycles. The largest absolute Gasteiger partial charge is 0.454 e. The number of ether oxygens (including phenoxy) is 1. The summed E-state index contributed by atoms with van der Waals surface area (Å²) in [5.74, 6) is 0.516. The topological polar surface area (TPSA) is 73.2 Å². The smallest absolute Gasteiger partial charge is 0.326 e. The lowest BCUT2D eigenvalue weighted by molar-refractivity contribution is -0.147. The Bertz CT molecular complexity index is 974. The Morgan fingerprint density at radius 3 is 2.70 bits per heavy atom. The van der Waals surface area contributed by atoms with Gasteiger partial charge in [-0.1, -0.05) is 35.9 Å². The van der Waals surface area contributed by atoms with E-state index in [0.717, 1.165) is 16.9 Å². The van der Waals surface area contributed by atoms with Gasteiger partial charge in [0.25, 0.3) is 5.91 Å². The van der Waals surface area contributed by atoms with E-state index in [0.29, 0.717) is 16.5 Å². The Morgan fingerprint density at radius 2 is 1.93 bits per heavy atom. The van der Waals surface area contributed by atoms with Crippen molar-refractivity contribution in [3.05, 3.63) is 59.4 Å². The lowest BCUT2D eigenvalue weighted by Gasteiger charge is -2.10. The highest BCUT2D eigenvalue weighted by Crippen LogP contribution is 2.21. The zero-order chi connectivity index (χ0) is 19.2. The molecule has 0 radical (unpaired) electrons. The number of benzene rings is 2. The van der Waals surface area contributed by atoms with Crippen LogP contribution in [0.1, 0.15) is 5.82 Å². The molecule has 0 aliphatic heterocycles. The van der Waals surface area contributed by atoms with Crippen LogP contribution in [0.25, 0.3) is 11.0 Å². The third-order valence-electron chi connectivity index (χ3n) is 3.81. The number of imidazole rings is 1. The van der Waals surface area contributed by atoms with Gasteiger partial charge in [0, 0.05) is 0 Å². The van der Waals surface area contributed by atoms with E-state index >= 15 is 0 Å². The molecular formula is C19H18ClN3O3S. The van der Waals surface area contributed by atoms with Crippen LogP contribution in [0.3, 0.4) is 0 Å². The van der Waals surface area contributed by atoms with E-state index in [9.17, 15) is 9.59 Å². The normalized spacial score (nSPS) is 10.7. The van der Waals surface area contributed by atoms with Crippen LogP contribution in [-0.4, -0.2) is 34.3 Å². The number of fused-ring (bicyclic) bond motifs is 1. The summed E-state index contributed by atoms with van der Waals surface area (Å²) in [7, 11) is 0. The second-order valence-corrected chi connectivity index (χ2v) is 7.00. The van der Waals surface area contributed by atoms with Crippen molar-refractivity contribution in [2.75, 3.05) is 18.2 Å². The average molecular weight is 404 g/mol. The van der Waals surface area contributed by atoms with Crippen molar-refractivity contribution >= 4 is 52.0 Å². The lowest BCUT2D eigenvalue weighted by atomic mass is 10.3. The Labute approximate surface area is 165 Å². The minimum absolute atomic E-state index is 0.00419. The SMILES string of the molecule is CSCc1nc2ccccc2n1CC(=O)OCC(=O)Nc1ccccc1Cl. The van der Waals surface area contributed by atoms with Crippen LogP contribution in [-0.2, 0) is 26.6 Å². The van der Waals surface area contributed by atoms with Crippen molar-refractivity contribution in [3.63, 3.8) is 0 Å². The zero-order valence-corrected chi connectivity index (χ0v) is 16.2. The van der Waals surface area contributed by atoms with Gasteiger partial charge >= 0.3 is 5.97 Å². The Kier molecular flexibility index (Phi) is 6.36. The molecule has 6 nitrogen and oxygen atoms in total. The molecule has 3 rings (SSSR count). The number of thioether (sulfide) groups is 1. The monoisotopic (exact) mass is 403 g/mol. The van der Waals surface area contributed by atoms with Gasteiger partial charge in [-0.05, 0) is 30.5 Å².